The van der Waals surface area contributed by atoms with Gasteiger partial charge in [0.2, 0.25) is 5.89 Å². The summed E-state index contributed by atoms with van der Waals surface area (Å²) >= 11 is 0. The van der Waals surface area contributed by atoms with E-state index in [2.05, 4.69) is 16.8 Å². The molecule has 0 bridgehead atoms. The minimum absolute atomic E-state index is 0.119. The first-order chi connectivity index (χ1) is 10.2. The van der Waals surface area contributed by atoms with Crippen LogP contribution in [0.2, 0.25) is 0 Å². The van der Waals surface area contributed by atoms with Gasteiger partial charge in [-0.2, -0.15) is 0 Å². The Morgan fingerprint density at radius 2 is 2.29 bits per heavy atom. The number of likely N-dealkylation sites (tertiary alicyclic amines) is 1. The van der Waals surface area contributed by atoms with E-state index in [-0.39, 0.29) is 12.0 Å². The summed E-state index contributed by atoms with van der Waals surface area (Å²) in [5.74, 6) is 2.11. The first kappa shape index (κ1) is 14.6. The number of hydrogen-bond donors (Lipinski definition) is 0. The van der Waals surface area contributed by atoms with Gasteiger partial charge in [0.25, 0.3) is 0 Å². The van der Waals surface area contributed by atoms with Crippen molar-refractivity contribution < 1.29 is 13.9 Å². The van der Waals surface area contributed by atoms with E-state index in [0.717, 1.165) is 18.6 Å². The molecule has 1 aromatic heterocycles. The number of carbonyl (C=O) groups excluding carboxylic acids is 1. The maximum Gasteiger partial charge on any atom is 0.323 e. The Labute approximate surface area is 125 Å². The van der Waals surface area contributed by atoms with Gasteiger partial charge in [-0.05, 0) is 25.2 Å². The maximum absolute atomic E-state index is 12.1. The van der Waals surface area contributed by atoms with Crippen molar-refractivity contribution in [3.63, 3.8) is 0 Å². The Bertz CT molecular complexity index is 499. The van der Waals surface area contributed by atoms with E-state index < -0.39 is 0 Å². The van der Waals surface area contributed by atoms with Crippen LogP contribution in [0.3, 0.4) is 0 Å². The standard InChI is InChI=1S/C16H24N2O3/c1-3-12-9-17-15(21-12)10-18-13-7-5-4-6-11(13)8-14(18)16(19)20-2/h9,11,13-14H,3-8,10H2,1-2H3. The molecule has 0 spiro atoms. The molecule has 2 aliphatic rings. The average molecular weight is 292 g/mol. The fourth-order valence-electron chi connectivity index (χ4n) is 3.89. The number of esters is 1. The normalized spacial score (nSPS) is 29.3. The molecule has 3 atom stereocenters. The minimum Gasteiger partial charge on any atom is -0.468 e. The first-order valence-electron chi connectivity index (χ1n) is 8.00. The van der Waals surface area contributed by atoms with Crippen LogP contribution in [0.5, 0.6) is 0 Å². The van der Waals surface area contributed by atoms with Crippen LogP contribution in [0.4, 0.5) is 0 Å². The zero-order chi connectivity index (χ0) is 14.8. The third-order valence-corrected chi connectivity index (χ3v) is 4.96. The van der Waals surface area contributed by atoms with E-state index in [1.165, 1.54) is 32.8 Å². The molecule has 1 aliphatic carbocycles. The number of fused-ring (bicyclic) bond motifs is 1. The summed E-state index contributed by atoms with van der Waals surface area (Å²) in [5, 5.41) is 0. The first-order valence-corrected chi connectivity index (χ1v) is 8.00. The summed E-state index contributed by atoms with van der Waals surface area (Å²) in [6.07, 6.45) is 8.47. The van der Waals surface area contributed by atoms with Crippen LogP contribution in [0.15, 0.2) is 10.6 Å². The summed E-state index contributed by atoms with van der Waals surface area (Å²) in [6.45, 7) is 2.66. The molecule has 1 aromatic rings. The molecule has 5 heteroatoms. The molecular weight excluding hydrogens is 268 g/mol. The van der Waals surface area contributed by atoms with Crippen molar-refractivity contribution in [2.24, 2.45) is 5.92 Å². The van der Waals surface area contributed by atoms with Crippen LogP contribution < -0.4 is 0 Å². The van der Waals surface area contributed by atoms with Crippen molar-refractivity contribution in [3.8, 4) is 0 Å². The highest BCUT2D eigenvalue weighted by molar-refractivity contribution is 5.76. The highest BCUT2D eigenvalue weighted by atomic mass is 16.5. The smallest absolute Gasteiger partial charge is 0.323 e. The zero-order valence-electron chi connectivity index (χ0n) is 12.9. The Kier molecular flexibility index (Phi) is 4.29. The Morgan fingerprint density at radius 1 is 1.48 bits per heavy atom. The highest BCUT2D eigenvalue weighted by Gasteiger charge is 2.45. The topological polar surface area (TPSA) is 55.6 Å². The largest absolute Gasteiger partial charge is 0.468 e. The monoisotopic (exact) mass is 292 g/mol. The van der Waals surface area contributed by atoms with Crippen molar-refractivity contribution in [2.45, 2.75) is 64.1 Å². The number of carbonyl (C=O) groups is 1. The molecule has 3 unspecified atom stereocenters. The lowest BCUT2D eigenvalue weighted by Gasteiger charge is -2.32. The maximum atomic E-state index is 12.1. The lowest BCUT2D eigenvalue weighted by atomic mass is 9.85. The SMILES string of the molecule is CCc1cnc(CN2C(C(=O)OC)CC3CCCCC32)o1. The number of nitrogens with zero attached hydrogens (tertiary/aromatic N) is 2. The predicted octanol–water partition coefficient (Wildman–Crippen LogP) is 2.54. The Morgan fingerprint density at radius 3 is 3.00 bits per heavy atom. The zero-order valence-corrected chi connectivity index (χ0v) is 12.9. The van der Waals surface area contributed by atoms with Crippen LogP contribution in [-0.4, -0.2) is 35.0 Å². The van der Waals surface area contributed by atoms with Gasteiger partial charge in [0, 0.05) is 12.5 Å². The third-order valence-electron chi connectivity index (χ3n) is 4.96. The van der Waals surface area contributed by atoms with E-state index in [4.69, 9.17) is 9.15 Å². The van der Waals surface area contributed by atoms with Crippen LogP contribution in [-0.2, 0) is 22.5 Å². The van der Waals surface area contributed by atoms with Crippen molar-refractivity contribution >= 4 is 5.97 Å². The third kappa shape index (κ3) is 2.84. The molecule has 0 radical (unpaired) electrons. The molecule has 1 saturated heterocycles. The second-order valence-corrected chi connectivity index (χ2v) is 6.13. The quantitative estimate of drug-likeness (QED) is 0.798. The molecule has 21 heavy (non-hydrogen) atoms. The highest BCUT2D eigenvalue weighted by Crippen LogP contribution is 2.40. The van der Waals surface area contributed by atoms with E-state index in [1.54, 1.807) is 6.20 Å². The van der Waals surface area contributed by atoms with Crippen LogP contribution >= 0.6 is 0 Å². The fraction of sp³-hybridized carbons (Fsp3) is 0.750. The molecule has 3 rings (SSSR count). The number of methoxy groups -OCH3 is 1. The van der Waals surface area contributed by atoms with Crippen molar-refractivity contribution in [3.05, 3.63) is 17.8 Å². The van der Waals surface area contributed by atoms with Gasteiger partial charge in [-0.1, -0.05) is 19.8 Å². The molecule has 5 nitrogen and oxygen atoms in total. The van der Waals surface area contributed by atoms with Gasteiger partial charge >= 0.3 is 5.97 Å². The Balaban J connectivity index is 1.78. The van der Waals surface area contributed by atoms with Crippen LogP contribution in [0.1, 0.15) is 50.7 Å². The van der Waals surface area contributed by atoms with Gasteiger partial charge in [0.15, 0.2) is 0 Å². The van der Waals surface area contributed by atoms with E-state index in [1.807, 2.05) is 0 Å². The summed E-state index contributed by atoms with van der Waals surface area (Å²) < 4.78 is 10.7. The second kappa shape index (κ2) is 6.18. The number of rotatable bonds is 4. The molecule has 0 amide bonds. The van der Waals surface area contributed by atoms with Gasteiger partial charge in [0.1, 0.15) is 11.8 Å². The molecule has 1 saturated carbocycles. The van der Waals surface area contributed by atoms with Gasteiger partial charge < -0.3 is 9.15 Å². The Hall–Kier alpha value is -1.36. The van der Waals surface area contributed by atoms with Crippen molar-refractivity contribution in [1.82, 2.24) is 9.88 Å². The molecule has 116 valence electrons. The lowest BCUT2D eigenvalue weighted by molar-refractivity contribution is -0.146. The molecule has 0 aromatic carbocycles. The summed E-state index contributed by atoms with van der Waals surface area (Å²) in [4.78, 5) is 18.7. The molecular formula is C16H24N2O3. The number of aryl methyl sites for hydroxylation is 1. The van der Waals surface area contributed by atoms with Crippen LogP contribution in [0.25, 0.3) is 0 Å². The van der Waals surface area contributed by atoms with E-state index in [0.29, 0.717) is 24.4 Å². The lowest BCUT2D eigenvalue weighted by Crippen LogP contribution is -2.42. The van der Waals surface area contributed by atoms with Gasteiger partial charge in [-0.3, -0.25) is 9.69 Å². The van der Waals surface area contributed by atoms with Crippen molar-refractivity contribution in [2.75, 3.05) is 7.11 Å². The van der Waals surface area contributed by atoms with Gasteiger partial charge in [-0.15, -0.1) is 0 Å². The second-order valence-electron chi connectivity index (χ2n) is 6.13. The van der Waals surface area contributed by atoms with Gasteiger partial charge in [-0.25, -0.2) is 4.98 Å². The fourth-order valence-corrected chi connectivity index (χ4v) is 3.89. The van der Waals surface area contributed by atoms with Crippen LogP contribution in [0, 0.1) is 5.92 Å². The molecule has 1 aliphatic heterocycles. The summed E-state index contributed by atoms with van der Waals surface area (Å²) in [5.41, 5.74) is 0. The predicted molar refractivity (Wildman–Crippen MR) is 77.6 cm³/mol. The molecule has 0 N–H and O–H groups in total. The van der Waals surface area contributed by atoms with Gasteiger partial charge in [0.05, 0.1) is 19.9 Å². The van der Waals surface area contributed by atoms with E-state index >= 15 is 0 Å². The van der Waals surface area contributed by atoms with E-state index in [9.17, 15) is 4.79 Å². The molecule has 2 heterocycles. The summed E-state index contributed by atoms with van der Waals surface area (Å²) in [6, 6.07) is 0.333. The minimum atomic E-state index is -0.139. The number of hydrogen-bond acceptors (Lipinski definition) is 5. The number of ether oxygens (including phenoxy) is 1. The van der Waals surface area contributed by atoms with Crippen molar-refractivity contribution in [1.29, 1.82) is 0 Å². The number of oxazole rings is 1. The number of aromatic nitrogens is 1. The average Bonchev–Trinajstić information content (AvgIpc) is 3.12. The molecule has 2 fully saturated rings. The summed E-state index contributed by atoms with van der Waals surface area (Å²) in [7, 11) is 1.48.